The normalized spacial score (nSPS) is 23.7. The first-order valence-electron chi connectivity index (χ1n) is 6.01. The summed E-state index contributed by atoms with van der Waals surface area (Å²) < 4.78 is 6.20. The lowest BCUT2D eigenvalue weighted by atomic mass is 9.89. The topological polar surface area (TPSA) is 26.3 Å². The van der Waals surface area contributed by atoms with E-state index in [9.17, 15) is 4.79 Å². The maximum absolute atomic E-state index is 12.5. The average Bonchev–Trinajstić information content (AvgIpc) is 2.74. The van der Waals surface area contributed by atoms with E-state index in [2.05, 4.69) is 22.9 Å². The molecule has 17 heavy (non-hydrogen) atoms. The lowest BCUT2D eigenvalue weighted by Crippen LogP contribution is -2.18. The predicted octanol–water partition coefficient (Wildman–Crippen LogP) is 4.08. The Hall–Kier alpha value is -0.830. The number of carbonyl (C=O) groups is 1. The lowest BCUT2D eigenvalue weighted by Gasteiger charge is -2.16. The van der Waals surface area contributed by atoms with Crippen molar-refractivity contribution in [3.63, 3.8) is 0 Å². The third kappa shape index (κ3) is 2.54. The number of carbonyl (C=O) groups excluding carboxylic acids is 1. The van der Waals surface area contributed by atoms with E-state index < -0.39 is 0 Å². The number of halogens is 1. The van der Waals surface area contributed by atoms with Crippen molar-refractivity contribution in [2.75, 3.05) is 7.11 Å². The van der Waals surface area contributed by atoms with E-state index >= 15 is 0 Å². The highest BCUT2D eigenvalue weighted by molar-refractivity contribution is 9.10. The first-order chi connectivity index (χ1) is 8.13. The van der Waals surface area contributed by atoms with Gasteiger partial charge in [0, 0.05) is 10.4 Å². The number of hydrogen-bond donors (Lipinski definition) is 0. The van der Waals surface area contributed by atoms with Gasteiger partial charge in [-0.2, -0.15) is 0 Å². The molecule has 0 amide bonds. The molecule has 2 atom stereocenters. The van der Waals surface area contributed by atoms with Crippen molar-refractivity contribution in [2.24, 2.45) is 11.8 Å². The molecule has 1 aliphatic rings. The van der Waals surface area contributed by atoms with Gasteiger partial charge in [-0.15, -0.1) is 0 Å². The molecule has 0 aromatic heterocycles. The second-order valence-electron chi connectivity index (χ2n) is 4.72. The number of Topliss-reactive ketones (excluding diaryl/α,β-unsaturated/α-hetero) is 1. The zero-order chi connectivity index (χ0) is 12.4. The van der Waals surface area contributed by atoms with Crippen molar-refractivity contribution in [3.8, 4) is 5.75 Å². The molecule has 0 bridgehead atoms. The molecule has 1 aromatic carbocycles. The van der Waals surface area contributed by atoms with Crippen LogP contribution < -0.4 is 4.74 Å². The van der Waals surface area contributed by atoms with Gasteiger partial charge in [-0.05, 0) is 37.0 Å². The summed E-state index contributed by atoms with van der Waals surface area (Å²) in [5.74, 6) is 1.56. The van der Waals surface area contributed by atoms with Crippen LogP contribution in [0.2, 0.25) is 0 Å². The fourth-order valence-corrected chi connectivity index (χ4v) is 2.97. The Morgan fingerprint density at radius 2 is 2.18 bits per heavy atom. The molecule has 0 radical (unpaired) electrons. The van der Waals surface area contributed by atoms with Crippen LogP contribution in [0.3, 0.4) is 0 Å². The second-order valence-corrected chi connectivity index (χ2v) is 5.64. The molecule has 1 aromatic rings. The number of benzene rings is 1. The van der Waals surface area contributed by atoms with Crippen LogP contribution in [-0.4, -0.2) is 12.9 Å². The van der Waals surface area contributed by atoms with E-state index in [0.717, 1.165) is 23.7 Å². The zero-order valence-corrected chi connectivity index (χ0v) is 11.8. The summed E-state index contributed by atoms with van der Waals surface area (Å²) in [6, 6.07) is 5.61. The fraction of sp³-hybridized carbons (Fsp3) is 0.500. The third-order valence-corrected chi connectivity index (χ3v) is 4.12. The van der Waals surface area contributed by atoms with Crippen molar-refractivity contribution < 1.29 is 9.53 Å². The van der Waals surface area contributed by atoms with Crippen LogP contribution in [0.5, 0.6) is 5.75 Å². The van der Waals surface area contributed by atoms with Crippen LogP contribution in [0, 0.1) is 11.8 Å². The number of hydrogen-bond acceptors (Lipinski definition) is 2. The molecule has 2 rings (SSSR count). The largest absolute Gasteiger partial charge is 0.496 e. The van der Waals surface area contributed by atoms with Gasteiger partial charge in [0.25, 0.3) is 0 Å². The molecular formula is C14H17BrO2. The van der Waals surface area contributed by atoms with Gasteiger partial charge in [0.05, 0.1) is 12.7 Å². The molecule has 3 heteroatoms. The van der Waals surface area contributed by atoms with Gasteiger partial charge in [0.1, 0.15) is 5.75 Å². The van der Waals surface area contributed by atoms with Crippen LogP contribution in [0.4, 0.5) is 0 Å². The summed E-state index contributed by atoms with van der Waals surface area (Å²) in [5, 5.41) is 0. The summed E-state index contributed by atoms with van der Waals surface area (Å²) in [6.45, 7) is 2.17. The van der Waals surface area contributed by atoms with Gasteiger partial charge in [-0.1, -0.05) is 29.3 Å². The van der Waals surface area contributed by atoms with Gasteiger partial charge >= 0.3 is 0 Å². The maximum Gasteiger partial charge on any atom is 0.169 e. The monoisotopic (exact) mass is 296 g/mol. The Morgan fingerprint density at radius 3 is 2.76 bits per heavy atom. The van der Waals surface area contributed by atoms with E-state index in [1.807, 2.05) is 18.2 Å². The standard InChI is InChI=1S/C14H17BrO2/c1-9-4-3-5-11(9)14(16)12-8-10(15)6-7-13(12)17-2/h6-9,11H,3-5H2,1-2H3. The molecule has 1 saturated carbocycles. The van der Waals surface area contributed by atoms with E-state index in [1.54, 1.807) is 7.11 Å². The van der Waals surface area contributed by atoms with Gasteiger partial charge in [0.2, 0.25) is 0 Å². The van der Waals surface area contributed by atoms with E-state index in [4.69, 9.17) is 4.74 Å². The van der Waals surface area contributed by atoms with Gasteiger partial charge < -0.3 is 4.74 Å². The quantitative estimate of drug-likeness (QED) is 0.786. The Labute approximate surface area is 110 Å². The Bertz CT molecular complexity index is 428. The van der Waals surface area contributed by atoms with Gasteiger partial charge in [0.15, 0.2) is 5.78 Å². The minimum Gasteiger partial charge on any atom is -0.496 e. The summed E-state index contributed by atoms with van der Waals surface area (Å²) in [6.07, 6.45) is 3.33. The molecule has 2 nitrogen and oxygen atoms in total. The summed E-state index contributed by atoms with van der Waals surface area (Å²) in [7, 11) is 1.61. The molecule has 0 heterocycles. The third-order valence-electron chi connectivity index (χ3n) is 3.63. The first-order valence-corrected chi connectivity index (χ1v) is 6.80. The zero-order valence-electron chi connectivity index (χ0n) is 10.2. The van der Waals surface area contributed by atoms with Crippen molar-refractivity contribution in [2.45, 2.75) is 26.2 Å². The van der Waals surface area contributed by atoms with Gasteiger partial charge in [-0.25, -0.2) is 0 Å². The highest BCUT2D eigenvalue weighted by atomic mass is 79.9. The molecule has 0 spiro atoms. The molecule has 2 unspecified atom stereocenters. The number of ether oxygens (including phenoxy) is 1. The van der Waals surface area contributed by atoms with E-state index in [0.29, 0.717) is 17.2 Å². The number of methoxy groups -OCH3 is 1. The van der Waals surface area contributed by atoms with Crippen LogP contribution in [-0.2, 0) is 0 Å². The van der Waals surface area contributed by atoms with Crippen LogP contribution in [0.1, 0.15) is 36.5 Å². The van der Waals surface area contributed by atoms with Crippen molar-refractivity contribution in [1.82, 2.24) is 0 Å². The van der Waals surface area contributed by atoms with Crippen LogP contribution in [0.15, 0.2) is 22.7 Å². The van der Waals surface area contributed by atoms with E-state index in [1.165, 1.54) is 0 Å². The molecule has 0 aliphatic heterocycles. The molecule has 0 saturated heterocycles. The van der Waals surface area contributed by atoms with Crippen molar-refractivity contribution in [3.05, 3.63) is 28.2 Å². The maximum atomic E-state index is 12.5. The summed E-state index contributed by atoms with van der Waals surface area (Å²) in [4.78, 5) is 12.5. The van der Waals surface area contributed by atoms with Crippen LogP contribution >= 0.6 is 15.9 Å². The summed E-state index contributed by atoms with van der Waals surface area (Å²) >= 11 is 3.41. The highest BCUT2D eigenvalue weighted by Crippen LogP contribution is 2.36. The van der Waals surface area contributed by atoms with Crippen LogP contribution in [0.25, 0.3) is 0 Å². The Balaban J connectivity index is 2.32. The highest BCUT2D eigenvalue weighted by Gasteiger charge is 2.31. The Kier molecular flexibility index (Phi) is 3.87. The molecular weight excluding hydrogens is 280 g/mol. The second kappa shape index (κ2) is 5.21. The molecule has 92 valence electrons. The summed E-state index contributed by atoms with van der Waals surface area (Å²) in [5.41, 5.74) is 0.709. The van der Waals surface area contributed by atoms with E-state index in [-0.39, 0.29) is 11.7 Å². The number of ketones is 1. The average molecular weight is 297 g/mol. The van der Waals surface area contributed by atoms with Gasteiger partial charge in [-0.3, -0.25) is 4.79 Å². The molecule has 1 aliphatic carbocycles. The minimum atomic E-state index is 0.165. The lowest BCUT2D eigenvalue weighted by molar-refractivity contribution is 0.0894. The molecule has 1 fully saturated rings. The minimum absolute atomic E-state index is 0.165. The SMILES string of the molecule is COc1ccc(Br)cc1C(=O)C1CCCC1C. The smallest absolute Gasteiger partial charge is 0.169 e. The molecule has 0 N–H and O–H groups in total. The predicted molar refractivity (Wildman–Crippen MR) is 71.5 cm³/mol. The first kappa shape index (κ1) is 12.6. The number of rotatable bonds is 3. The van der Waals surface area contributed by atoms with Crippen molar-refractivity contribution >= 4 is 21.7 Å². The Morgan fingerprint density at radius 1 is 1.41 bits per heavy atom. The fourth-order valence-electron chi connectivity index (χ4n) is 2.61. The van der Waals surface area contributed by atoms with Crippen molar-refractivity contribution in [1.29, 1.82) is 0 Å².